The van der Waals surface area contributed by atoms with Gasteiger partial charge < -0.3 is 10.0 Å². The number of hydrogen-bond donors (Lipinski definition) is 2. The van der Waals surface area contributed by atoms with Crippen molar-refractivity contribution in [3.63, 3.8) is 0 Å². The van der Waals surface area contributed by atoms with E-state index < -0.39 is 5.97 Å². The highest BCUT2D eigenvalue weighted by Gasteiger charge is 2.33. The van der Waals surface area contributed by atoms with Gasteiger partial charge in [0.05, 0.1) is 12.2 Å². The zero-order valence-electron chi connectivity index (χ0n) is 15.8. The Kier molecular flexibility index (Phi) is 5.10. The largest absolute Gasteiger partial charge is 0.478 e. The summed E-state index contributed by atoms with van der Waals surface area (Å²) < 4.78 is 0. The molecule has 1 aromatic heterocycles. The summed E-state index contributed by atoms with van der Waals surface area (Å²) in [6, 6.07) is 6.00. The molecule has 0 unspecified atom stereocenters. The van der Waals surface area contributed by atoms with Crippen LogP contribution in [0.15, 0.2) is 18.2 Å². The smallest absolute Gasteiger partial charge is 0.337 e. The standard InChI is InChI=1S/C20H26N2O3S/c1-20(2)8-7-16-15(10-20)17(19(23)24)18(26-16)14-6-5-13(22(3)4)9-12(14)11-25-21/h5-6,9H,7-8,10-11,21H2,1-4H3,(H,23,24). The minimum Gasteiger partial charge on any atom is -0.478 e. The van der Waals surface area contributed by atoms with Crippen LogP contribution in [0.2, 0.25) is 0 Å². The second-order valence-electron chi connectivity index (χ2n) is 7.90. The Labute approximate surface area is 158 Å². The Morgan fingerprint density at radius 2 is 2.12 bits per heavy atom. The number of nitrogens with two attached hydrogens (primary N) is 1. The van der Waals surface area contributed by atoms with E-state index in [2.05, 4.69) is 13.8 Å². The van der Waals surface area contributed by atoms with E-state index in [4.69, 9.17) is 10.7 Å². The van der Waals surface area contributed by atoms with Gasteiger partial charge in [-0.25, -0.2) is 10.7 Å². The Hall–Kier alpha value is -1.89. The highest BCUT2D eigenvalue weighted by Crippen LogP contribution is 2.46. The number of thiophene rings is 1. The van der Waals surface area contributed by atoms with Crippen LogP contribution in [0.4, 0.5) is 5.69 Å². The van der Waals surface area contributed by atoms with Gasteiger partial charge in [0.1, 0.15) is 0 Å². The van der Waals surface area contributed by atoms with Gasteiger partial charge in [-0.3, -0.25) is 4.84 Å². The molecule has 1 aromatic carbocycles. The first kappa shape index (κ1) is 18.9. The third kappa shape index (κ3) is 3.49. The first-order valence-electron chi connectivity index (χ1n) is 8.73. The molecule has 0 spiro atoms. The fourth-order valence-corrected chi connectivity index (χ4v) is 4.99. The van der Waals surface area contributed by atoms with Crippen LogP contribution >= 0.6 is 11.3 Å². The quantitative estimate of drug-likeness (QED) is 0.771. The maximum absolute atomic E-state index is 12.1. The van der Waals surface area contributed by atoms with E-state index in [0.29, 0.717) is 5.56 Å². The van der Waals surface area contributed by atoms with Gasteiger partial charge in [-0.15, -0.1) is 11.3 Å². The number of aryl methyl sites for hydroxylation is 1. The van der Waals surface area contributed by atoms with Crippen molar-refractivity contribution in [2.75, 3.05) is 19.0 Å². The maximum atomic E-state index is 12.1. The predicted molar refractivity (Wildman–Crippen MR) is 106 cm³/mol. The summed E-state index contributed by atoms with van der Waals surface area (Å²) in [4.78, 5) is 21.0. The van der Waals surface area contributed by atoms with Gasteiger partial charge in [0.15, 0.2) is 0 Å². The van der Waals surface area contributed by atoms with Crippen LogP contribution in [0.3, 0.4) is 0 Å². The molecule has 140 valence electrons. The highest BCUT2D eigenvalue weighted by molar-refractivity contribution is 7.16. The van der Waals surface area contributed by atoms with Crippen LogP contribution in [0, 0.1) is 5.41 Å². The van der Waals surface area contributed by atoms with E-state index in [1.165, 1.54) is 4.88 Å². The minimum atomic E-state index is -0.855. The molecule has 0 fully saturated rings. The van der Waals surface area contributed by atoms with Gasteiger partial charge in [0.2, 0.25) is 0 Å². The fraction of sp³-hybridized carbons (Fsp3) is 0.450. The zero-order valence-corrected chi connectivity index (χ0v) is 16.6. The van der Waals surface area contributed by atoms with E-state index in [9.17, 15) is 9.90 Å². The van der Waals surface area contributed by atoms with Crippen molar-refractivity contribution in [1.82, 2.24) is 0 Å². The molecule has 0 saturated heterocycles. The van der Waals surface area contributed by atoms with Gasteiger partial charge in [-0.2, -0.15) is 0 Å². The van der Waals surface area contributed by atoms with E-state index in [1.807, 2.05) is 37.2 Å². The third-order valence-corrected chi connectivity index (χ3v) is 6.40. The van der Waals surface area contributed by atoms with Crippen LogP contribution in [0.25, 0.3) is 10.4 Å². The van der Waals surface area contributed by atoms with E-state index >= 15 is 0 Å². The molecular weight excluding hydrogens is 348 g/mol. The molecule has 0 bridgehead atoms. The number of carboxylic acid groups (broad SMARTS) is 1. The molecule has 0 aliphatic heterocycles. The predicted octanol–water partition coefficient (Wildman–Crippen LogP) is 4.08. The molecule has 3 N–H and O–H groups in total. The molecule has 5 nitrogen and oxygen atoms in total. The average Bonchev–Trinajstić information content (AvgIpc) is 2.92. The van der Waals surface area contributed by atoms with Crippen LogP contribution in [0.1, 0.15) is 46.6 Å². The molecule has 2 aromatic rings. The van der Waals surface area contributed by atoms with Gasteiger partial charge in [-0.1, -0.05) is 19.9 Å². The van der Waals surface area contributed by atoms with Crippen LogP contribution < -0.4 is 10.8 Å². The van der Waals surface area contributed by atoms with Gasteiger partial charge >= 0.3 is 5.97 Å². The van der Waals surface area contributed by atoms with Crippen LogP contribution in [-0.2, 0) is 24.3 Å². The summed E-state index contributed by atoms with van der Waals surface area (Å²) in [5.41, 5.74) is 4.42. The van der Waals surface area contributed by atoms with Crippen molar-refractivity contribution in [1.29, 1.82) is 0 Å². The van der Waals surface area contributed by atoms with Gasteiger partial charge in [0.25, 0.3) is 0 Å². The molecule has 0 radical (unpaired) electrons. The van der Waals surface area contributed by atoms with Crippen molar-refractivity contribution >= 4 is 23.0 Å². The van der Waals surface area contributed by atoms with Crippen molar-refractivity contribution in [3.8, 4) is 10.4 Å². The number of nitrogens with zero attached hydrogens (tertiary/aromatic N) is 1. The number of anilines is 1. The first-order valence-corrected chi connectivity index (χ1v) is 9.55. The number of carbonyl (C=O) groups is 1. The molecule has 1 aliphatic rings. The molecular formula is C20H26N2O3S. The lowest BCUT2D eigenvalue weighted by molar-refractivity contribution is 0.0696. The highest BCUT2D eigenvalue weighted by atomic mass is 32.1. The maximum Gasteiger partial charge on any atom is 0.337 e. The molecule has 0 amide bonds. The summed E-state index contributed by atoms with van der Waals surface area (Å²) in [7, 11) is 3.94. The molecule has 0 saturated carbocycles. The molecule has 3 rings (SSSR count). The Morgan fingerprint density at radius 3 is 2.73 bits per heavy atom. The monoisotopic (exact) mass is 374 g/mol. The fourth-order valence-electron chi connectivity index (χ4n) is 3.62. The number of carboxylic acids is 1. The third-order valence-electron chi connectivity index (χ3n) is 5.08. The zero-order chi connectivity index (χ0) is 19.1. The lowest BCUT2D eigenvalue weighted by Crippen LogP contribution is -2.22. The van der Waals surface area contributed by atoms with Crippen molar-refractivity contribution in [3.05, 3.63) is 39.8 Å². The summed E-state index contributed by atoms with van der Waals surface area (Å²) in [5.74, 6) is 4.48. The molecule has 26 heavy (non-hydrogen) atoms. The first-order chi connectivity index (χ1) is 12.2. The summed E-state index contributed by atoms with van der Waals surface area (Å²) in [5, 5.41) is 9.95. The van der Waals surface area contributed by atoms with Crippen molar-refractivity contribution in [2.24, 2.45) is 11.3 Å². The van der Waals surface area contributed by atoms with Crippen molar-refractivity contribution in [2.45, 2.75) is 39.7 Å². The number of rotatable bonds is 5. The second kappa shape index (κ2) is 7.02. The summed E-state index contributed by atoms with van der Waals surface area (Å²) in [6.07, 6.45) is 2.82. The van der Waals surface area contributed by atoms with Gasteiger partial charge in [-0.05, 0) is 53.5 Å². The lowest BCUT2D eigenvalue weighted by atomic mass is 9.76. The average molecular weight is 375 g/mol. The summed E-state index contributed by atoms with van der Waals surface area (Å²) >= 11 is 1.61. The topological polar surface area (TPSA) is 75.8 Å². The van der Waals surface area contributed by atoms with E-state index in [1.54, 1.807) is 11.3 Å². The van der Waals surface area contributed by atoms with Crippen LogP contribution in [-0.4, -0.2) is 25.2 Å². The SMILES string of the molecule is CN(C)c1ccc(-c2sc3c(c2C(=O)O)CC(C)(C)CC3)c(CON)c1. The van der Waals surface area contributed by atoms with Crippen LogP contribution in [0.5, 0.6) is 0 Å². The van der Waals surface area contributed by atoms with Crippen molar-refractivity contribution < 1.29 is 14.7 Å². The molecule has 1 aliphatic carbocycles. The molecule has 1 heterocycles. The normalized spacial score (nSPS) is 15.6. The second-order valence-corrected chi connectivity index (χ2v) is 9.01. The number of hydrogen-bond acceptors (Lipinski definition) is 5. The Morgan fingerprint density at radius 1 is 1.38 bits per heavy atom. The lowest BCUT2D eigenvalue weighted by Gasteiger charge is -2.29. The Balaban J connectivity index is 2.18. The van der Waals surface area contributed by atoms with E-state index in [-0.39, 0.29) is 12.0 Å². The van der Waals surface area contributed by atoms with E-state index in [0.717, 1.165) is 46.5 Å². The Bertz CT molecular complexity index is 840. The number of aromatic carboxylic acids is 1. The molecule has 0 atom stereocenters. The minimum absolute atomic E-state index is 0.132. The number of benzene rings is 1. The summed E-state index contributed by atoms with van der Waals surface area (Å²) in [6.45, 7) is 4.65. The number of fused-ring (bicyclic) bond motifs is 1. The van der Waals surface area contributed by atoms with Gasteiger partial charge in [0, 0.05) is 29.5 Å². The molecule has 6 heteroatoms.